The number of aliphatic hydroxyl groups excluding tert-OH is 1. The number of fused-ring (bicyclic) bond motifs is 1. The fraction of sp³-hybridized carbons (Fsp3) is 0.348. The topological polar surface area (TPSA) is 53.0 Å². The van der Waals surface area contributed by atoms with Crippen LogP contribution in [0, 0.1) is 5.82 Å². The molecule has 0 aromatic heterocycles. The number of carbonyl (C=O) groups is 1. The molecule has 0 saturated heterocycles. The van der Waals surface area contributed by atoms with Gasteiger partial charge in [-0.25, -0.2) is 4.39 Å². The summed E-state index contributed by atoms with van der Waals surface area (Å²) in [6.07, 6.45) is 1.23. The number of aliphatic hydroxyl groups is 1. The highest BCUT2D eigenvalue weighted by molar-refractivity contribution is 5.78. The van der Waals surface area contributed by atoms with Gasteiger partial charge in [-0.15, -0.1) is 6.58 Å². The van der Waals surface area contributed by atoms with E-state index in [2.05, 4.69) is 6.58 Å². The Bertz CT molecular complexity index is 828. The predicted octanol–water partition coefficient (Wildman–Crippen LogP) is 3.13. The molecular weight excluding hydrogens is 371 g/mol. The summed E-state index contributed by atoms with van der Waals surface area (Å²) in [6, 6.07) is 14.4. The van der Waals surface area contributed by atoms with E-state index in [9.17, 15) is 14.3 Å². The number of benzene rings is 2. The molecule has 154 valence electrons. The van der Waals surface area contributed by atoms with Crippen molar-refractivity contribution >= 4 is 11.6 Å². The summed E-state index contributed by atoms with van der Waals surface area (Å²) in [5.74, 6) is -0.336. The molecule has 29 heavy (non-hydrogen) atoms. The van der Waals surface area contributed by atoms with Gasteiger partial charge in [0.25, 0.3) is 0 Å². The van der Waals surface area contributed by atoms with Crippen molar-refractivity contribution in [1.82, 2.24) is 4.90 Å². The minimum atomic E-state index is -0.720. The molecule has 1 aliphatic heterocycles. The molecule has 1 heterocycles. The number of halogens is 1. The van der Waals surface area contributed by atoms with Crippen molar-refractivity contribution in [2.24, 2.45) is 0 Å². The molecule has 2 aromatic rings. The second-order valence-corrected chi connectivity index (χ2v) is 7.18. The fourth-order valence-electron chi connectivity index (χ4n) is 3.52. The lowest BCUT2D eigenvalue weighted by Crippen LogP contribution is -2.41. The Morgan fingerprint density at radius 3 is 2.76 bits per heavy atom. The third-order valence-corrected chi connectivity index (χ3v) is 4.89. The largest absolute Gasteiger partial charge is 0.389 e. The van der Waals surface area contributed by atoms with Gasteiger partial charge in [0, 0.05) is 38.3 Å². The highest BCUT2D eigenvalue weighted by Gasteiger charge is 2.24. The summed E-state index contributed by atoms with van der Waals surface area (Å²) >= 11 is 0. The first-order valence-electron chi connectivity index (χ1n) is 9.78. The van der Waals surface area contributed by atoms with Crippen LogP contribution >= 0.6 is 0 Å². The number of β-amino-alcohol motifs (C(OH)–C–C–N with tert-alkyl or cyclic N) is 1. The number of hydrogen-bond donors (Lipinski definition) is 1. The van der Waals surface area contributed by atoms with Crippen molar-refractivity contribution in [1.29, 1.82) is 0 Å². The fourth-order valence-corrected chi connectivity index (χ4v) is 3.52. The maximum absolute atomic E-state index is 14.0. The van der Waals surface area contributed by atoms with Gasteiger partial charge in [-0.1, -0.05) is 36.4 Å². The molecule has 0 bridgehead atoms. The summed E-state index contributed by atoms with van der Waals surface area (Å²) < 4.78 is 19.3. The first-order valence-corrected chi connectivity index (χ1v) is 9.78. The van der Waals surface area contributed by atoms with Gasteiger partial charge in [0.05, 0.1) is 19.3 Å². The van der Waals surface area contributed by atoms with Gasteiger partial charge < -0.3 is 19.6 Å². The zero-order valence-corrected chi connectivity index (χ0v) is 16.5. The average Bonchev–Trinajstić information content (AvgIpc) is 2.71. The minimum absolute atomic E-state index is 0.00571. The van der Waals surface area contributed by atoms with Crippen LogP contribution in [0.2, 0.25) is 0 Å². The first-order chi connectivity index (χ1) is 14.1. The summed E-state index contributed by atoms with van der Waals surface area (Å²) in [7, 11) is 0. The van der Waals surface area contributed by atoms with E-state index in [1.165, 1.54) is 12.1 Å². The average molecular weight is 398 g/mol. The van der Waals surface area contributed by atoms with Gasteiger partial charge in [-0.3, -0.25) is 4.79 Å². The number of hydrogen-bond acceptors (Lipinski definition) is 4. The van der Waals surface area contributed by atoms with E-state index in [1.54, 1.807) is 17.0 Å². The lowest BCUT2D eigenvalue weighted by Gasteiger charge is -2.34. The van der Waals surface area contributed by atoms with Crippen LogP contribution in [0.4, 0.5) is 10.1 Å². The van der Waals surface area contributed by atoms with Crippen molar-refractivity contribution < 1.29 is 19.0 Å². The number of carbonyl (C=O) groups excluding carboxylic acids is 1. The van der Waals surface area contributed by atoms with Gasteiger partial charge >= 0.3 is 0 Å². The first kappa shape index (κ1) is 21.0. The van der Waals surface area contributed by atoms with Crippen molar-refractivity contribution in [3.05, 3.63) is 78.1 Å². The lowest BCUT2D eigenvalue weighted by atomic mass is 10.1. The summed E-state index contributed by atoms with van der Waals surface area (Å²) in [6.45, 7) is 5.68. The van der Waals surface area contributed by atoms with Crippen LogP contribution in [0.5, 0.6) is 0 Å². The maximum atomic E-state index is 14.0. The Balaban J connectivity index is 1.80. The monoisotopic (exact) mass is 398 g/mol. The number of nitrogens with zero attached hydrogens (tertiary/aromatic N) is 2. The van der Waals surface area contributed by atoms with Gasteiger partial charge in [-0.2, -0.15) is 0 Å². The Labute approximate surface area is 171 Å². The van der Waals surface area contributed by atoms with Crippen molar-refractivity contribution in [2.45, 2.75) is 25.6 Å². The van der Waals surface area contributed by atoms with Crippen molar-refractivity contribution in [3.63, 3.8) is 0 Å². The minimum Gasteiger partial charge on any atom is -0.389 e. The molecule has 1 amide bonds. The van der Waals surface area contributed by atoms with Crippen LogP contribution in [-0.4, -0.2) is 48.3 Å². The highest BCUT2D eigenvalue weighted by atomic mass is 19.1. The molecule has 0 fully saturated rings. The predicted molar refractivity (Wildman–Crippen MR) is 111 cm³/mol. The molecule has 5 nitrogen and oxygen atoms in total. The molecular formula is C23H27FN2O3. The standard InChI is InChI=1S/C23H27FN2O3/c1-2-12-29-17-21(27)16-25-11-10-23(28)26(14-18-6-4-3-5-7-18)15-19-13-20(24)8-9-22(19)25/h2-9,13,21,27H,1,10-12,14-17H2. The Morgan fingerprint density at radius 2 is 2.00 bits per heavy atom. The molecule has 0 aliphatic carbocycles. The van der Waals surface area contributed by atoms with Crippen LogP contribution in [0.3, 0.4) is 0 Å². The molecule has 0 spiro atoms. The Hall–Kier alpha value is -2.70. The van der Waals surface area contributed by atoms with E-state index in [1.807, 2.05) is 35.2 Å². The molecule has 0 saturated carbocycles. The van der Waals surface area contributed by atoms with Crippen molar-refractivity contribution in [2.75, 3.05) is 31.2 Å². The van der Waals surface area contributed by atoms with Crippen molar-refractivity contribution in [3.8, 4) is 0 Å². The smallest absolute Gasteiger partial charge is 0.224 e. The van der Waals surface area contributed by atoms with Gasteiger partial charge in [0.2, 0.25) is 5.91 Å². The molecule has 1 unspecified atom stereocenters. The van der Waals surface area contributed by atoms with Crippen LogP contribution in [0.1, 0.15) is 17.5 Å². The van der Waals surface area contributed by atoms with E-state index in [0.717, 1.165) is 16.8 Å². The highest BCUT2D eigenvalue weighted by Crippen LogP contribution is 2.27. The van der Waals surface area contributed by atoms with E-state index in [0.29, 0.717) is 39.2 Å². The molecule has 2 aromatic carbocycles. The van der Waals surface area contributed by atoms with E-state index >= 15 is 0 Å². The molecule has 1 atom stereocenters. The van der Waals surface area contributed by atoms with E-state index < -0.39 is 6.10 Å². The zero-order valence-electron chi connectivity index (χ0n) is 16.5. The quantitative estimate of drug-likeness (QED) is 0.548. The number of rotatable bonds is 8. The molecule has 1 aliphatic rings. The number of ether oxygens (including phenoxy) is 1. The van der Waals surface area contributed by atoms with Gasteiger partial charge in [0.1, 0.15) is 5.82 Å². The van der Waals surface area contributed by atoms with Crippen LogP contribution in [0.15, 0.2) is 61.2 Å². The van der Waals surface area contributed by atoms with Gasteiger partial charge in [0.15, 0.2) is 0 Å². The third kappa shape index (κ3) is 5.89. The summed E-state index contributed by atoms with van der Waals surface area (Å²) in [5, 5.41) is 10.3. The second kappa shape index (κ2) is 10.2. The molecule has 6 heteroatoms. The maximum Gasteiger partial charge on any atom is 0.224 e. The molecule has 3 rings (SSSR count). The Morgan fingerprint density at radius 1 is 1.21 bits per heavy atom. The van der Waals surface area contributed by atoms with Crippen LogP contribution in [0.25, 0.3) is 0 Å². The normalized spacial score (nSPS) is 15.4. The second-order valence-electron chi connectivity index (χ2n) is 7.18. The third-order valence-electron chi connectivity index (χ3n) is 4.89. The van der Waals surface area contributed by atoms with E-state index in [-0.39, 0.29) is 18.3 Å². The number of anilines is 1. The summed E-state index contributed by atoms with van der Waals surface area (Å²) in [5.41, 5.74) is 2.60. The van der Waals surface area contributed by atoms with Gasteiger partial charge in [-0.05, 0) is 29.3 Å². The lowest BCUT2D eigenvalue weighted by molar-refractivity contribution is -0.132. The molecule has 0 radical (unpaired) electrons. The Kier molecular flexibility index (Phi) is 7.38. The zero-order chi connectivity index (χ0) is 20.6. The summed E-state index contributed by atoms with van der Waals surface area (Å²) in [4.78, 5) is 16.5. The van der Waals surface area contributed by atoms with E-state index in [4.69, 9.17) is 4.74 Å². The SMILES string of the molecule is C=CCOCC(O)CN1CCC(=O)N(Cc2ccccc2)Cc2cc(F)ccc21. The van der Waals surface area contributed by atoms with Crippen LogP contribution < -0.4 is 4.90 Å². The molecule has 1 N–H and O–H groups in total. The van der Waals surface area contributed by atoms with Crippen LogP contribution in [-0.2, 0) is 22.6 Å². The number of amides is 1.